The van der Waals surface area contributed by atoms with E-state index in [1.54, 1.807) is 0 Å². The van der Waals surface area contributed by atoms with Crippen LogP contribution in [0.15, 0.2) is 30.6 Å². The molecule has 18 heavy (non-hydrogen) atoms. The minimum atomic E-state index is 0.495. The van der Waals surface area contributed by atoms with Crippen LogP contribution in [0.25, 0.3) is 5.69 Å². The van der Waals surface area contributed by atoms with Crippen LogP contribution in [0, 0.1) is 13.8 Å². The first kappa shape index (κ1) is 12.8. The fraction of sp³-hybridized carbons (Fsp3) is 0.400. The van der Waals surface area contributed by atoms with Gasteiger partial charge in [0.2, 0.25) is 0 Å². The second kappa shape index (κ2) is 5.36. The van der Waals surface area contributed by atoms with Gasteiger partial charge in [0.1, 0.15) is 0 Å². The number of aromatic nitrogens is 2. The first-order valence-electron chi connectivity index (χ1n) is 6.41. The third-order valence-electron chi connectivity index (χ3n) is 2.95. The van der Waals surface area contributed by atoms with E-state index in [4.69, 9.17) is 0 Å². The number of benzene rings is 1. The van der Waals surface area contributed by atoms with Crippen LogP contribution in [0.4, 0.5) is 0 Å². The van der Waals surface area contributed by atoms with Gasteiger partial charge in [-0.1, -0.05) is 31.5 Å². The van der Waals surface area contributed by atoms with Crippen molar-refractivity contribution in [3.8, 4) is 5.69 Å². The SMILES string of the molecule is Cc1ccc(-n2cc(CNC(C)C)cn2)c(C)c1. The summed E-state index contributed by atoms with van der Waals surface area (Å²) in [6.45, 7) is 9.39. The largest absolute Gasteiger partial charge is 0.310 e. The summed E-state index contributed by atoms with van der Waals surface area (Å²) in [6.07, 6.45) is 4.02. The maximum Gasteiger partial charge on any atom is 0.0675 e. The van der Waals surface area contributed by atoms with Crippen LogP contribution >= 0.6 is 0 Å². The van der Waals surface area contributed by atoms with Crippen LogP contribution < -0.4 is 5.32 Å². The van der Waals surface area contributed by atoms with E-state index in [-0.39, 0.29) is 0 Å². The minimum absolute atomic E-state index is 0.495. The molecule has 2 aromatic rings. The molecule has 0 aliphatic rings. The minimum Gasteiger partial charge on any atom is -0.310 e. The van der Waals surface area contributed by atoms with Crippen molar-refractivity contribution in [2.24, 2.45) is 0 Å². The maximum absolute atomic E-state index is 4.43. The molecule has 0 atom stereocenters. The lowest BCUT2D eigenvalue weighted by Crippen LogP contribution is -2.21. The van der Waals surface area contributed by atoms with Crippen molar-refractivity contribution in [2.45, 2.75) is 40.3 Å². The van der Waals surface area contributed by atoms with Crippen molar-refractivity contribution in [1.82, 2.24) is 15.1 Å². The first-order chi connectivity index (χ1) is 8.56. The Balaban J connectivity index is 2.18. The van der Waals surface area contributed by atoms with Crippen molar-refractivity contribution >= 4 is 0 Å². The summed E-state index contributed by atoms with van der Waals surface area (Å²) in [5.41, 5.74) is 4.90. The van der Waals surface area contributed by atoms with Gasteiger partial charge in [-0.05, 0) is 25.5 Å². The number of aryl methyl sites for hydroxylation is 2. The van der Waals surface area contributed by atoms with E-state index in [0.717, 1.165) is 12.2 Å². The predicted molar refractivity (Wildman–Crippen MR) is 75.0 cm³/mol. The highest BCUT2D eigenvalue weighted by molar-refractivity contribution is 5.42. The molecule has 0 aliphatic carbocycles. The van der Waals surface area contributed by atoms with E-state index in [2.05, 4.69) is 62.5 Å². The Hall–Kier alpha value is -1.61. The average molecular weight is 243 g/mol. The van der Waals surface area contributed by atoms with Gasteiger partial charge in [0.25, 0.3) is 0 Å². The van der Waals surface area contributed by atoms with Crippen LogP contribution in [0.3, 0.4) is 0 Å². The van der Waals surface area contributed by atoms with Crippen molar-refractivity contribution in [3.63, 3.8) is 0 Å². The Labute approximate surface area is 109 Å². The Kier molecular flexibility index (Phi) is 3.82. The number of hydrogen-bond donors (Lipinski definition) is 1. The molecule has 0 amide bonds. The zero-order chi connectivity index (χ0) is 13.1. The molecule has 0 radical (unpaired) electrons. The lowest BCUT2D eigenvalue weighted by Gasteiger charge is -2.07. The van der Waals surface area contributed by atoms with E-state index < -0.39 is 0 Å². The molecule has 2 rings (SSSR count). The lowest BCUT2D eigenvalue weighted by atomic mass is 10.1. The third-order valence-corrected chi connectivity index (χ3v) is 2.95. The number of hydrogen-bond acceptors (Lipinski definition) is 2. The molecule has 1 heterocycles. The summed E-state index contributed by atoms with van der Waals surface area (Å²) >= 11 is 0. The summed E-state index contributed by atoms with van der Waals surface area (Å²) < 4.78 is 1.95. The molecule has 1 aromatic heterocycles. The second-order valence-corrected chi connectivity index (χ2v) is 5.12. The van der Waals surface area contributed by atoms with Crippen LogP contribution in [-0.2, 0) is 6.54 Å². The number of nitrogens with one attached hydrogen (secondary N) is 1. The lowest BCUT2D eigenvalue weighted by molar-refractivity contribution is 0.589. The Morgan fingerprint density at radius 3 is 2.72 bits per heavy atom. The predicted octanol–water partition coefficient (Wildman–Crippen LogP) is 2.99. The maximum atomic E-state index is 4.43. The van der Waals surface area contributed by atoms with Crippen molar-refractivity contribution in [1.29, 1.82) is 0 Å². The summed E-state index contributed by atoms with van der Waals surface area (Å²) in [6, 6.07) is 6.92. The summed E-state index contributed by atoms with van der Waals surface area (Å²) in [5.74, 6) is 0. The molecule has 0 bridgehead atoms. The second-order valence-electron chi connectivity index (χ2n) is 5.12. The number of nitrogens with zero attached hydrogens (tertiary/aromatic N) is 2. The quantitative estimate of drug-likeness (QED) is 0.894. The zero-order valence-electron chi connectivity index (χ0n) is 11.6. The molecule has 0 saturated carbocycles. The van der Waals surface area contributed by atoms with E-state index in [9.17, 15) is 0 Å². The van der Waals surface area contributed by atoms with Gasteiger partial charge in [0.15, 0.2) is 0 Å². The summed E-state index contributed by atoms with van der Waals surface area (Å²) in [5, 5.41) is 7.83. The van der Waals surface area contributed by atoms with Gasteiger partial charge in [-0.25, -0.2) is 4.68 Å². The normalized spacial score (nSPS) is 11.2. The van der Waals surface area contributed by atoms with E-state index in [1.165, 1.54) is 16.7 Å². The topological polar surface area (TPSA) is 29.9 Å². The fourth-order valence-electron chi connectivity index (χ4n) is 1.97. The van der Waals surface area contributed by atoms with Crippen LogP contribution in [0.2, 0.25) is 0 Å². The molecule has 3 nitrogen and oxygen atoms in total. The van der Waals surface area contributed by atoms with Gasteiger partial charge < -0.3 is 5.32 Å². The van der Waals surface area contributed by atoms with Gasteiger partial charge in [-0.3, -0.25) is 0 Å². The molecule has 96 valence electrons. The first-order valence-corrected chi connectivity index (χ1v) is 6.41. The summed E-state index contributed by atoms with van der Waals surface area (Å²) in [7, 11) is 0. The van der Waals surface area contributed by atoms with Gasteiger partial charge in [-0.15, -0.1) is 0 Å². The molecule has 1 N–H and O–H groups in total. The van der Waals surface area contributed by atoms with E-state index >= 15 is 0 Å². The highest BCUT2D eigenvalue weighted by Gasteiger charge is 2.04. The van der Waals surface area contributed by atoms with Crippen molar-refractivity contribution in [3.05, 3.63) is 47.3 Å². The third kappa shape index (κ3) is 2.99. The van der Waals surface area contributed by atoms with E-state index in [1.807, 2.05) is 10.9 Å². The number of rotatable bonds is 4. The Morgan fingerprint density at radius 1 is 1.28 bits per heavy atom. The standard InChI is InChI=1S/C15H21N3/c1-11(2)16-8-14-9-17-18(10-14)15-6-5-12(3)7-13(15)4/h5-7,9-11,16H,8H2,1-4H3. The molecule has 0 unspecified atom stereocenters. The zero-order valence-corrected chi connectivity index (χ0v) is 11.6. The molecule has 0 fully saturated rings. The van der Waals surface area contributed by atoms with Gasteiger partial charge in [-0.2, -0.15) is 5.10 Å². The molecular weight excluding hydrogens is 222 g/mol. The molecule has 1 aromatic carbocycles. The molecule has 0 aliphatic heterocycles. The van der Waals surface area contributed by atoms with Crippen LogP contribution in [0.1, 0.15) is 30.5 Å². The Morgan fingerprint density at radius 2 is 2.06 bits per heavy atom. The summed E-state index contributed by atoms with van der Waals surface area (Å²) in [4.78, 5) is 0. The molecule has 0 spiro atoms. The molecule has 0 saturated heterocycles. The van der Waals surface area contributed by atoms with Gasteiger partial charge >= 0.3 is 0 Å². The van der Waals surface area contributed by atoms with Crippen LogP contribution in [0.5, 0.6) is 0 Å². The molecule has 3 heteroatoms. The van der Waals surface area contributed by atoms with E-state index in [0.29, 0.717) is 6.04 Å². The van der Waals surface area contributed by atoms with Gasteiger partial charge in [0, 0.05) is 24.3 Å². The monoisotopic (exact) mass is 243 g/mol. The Bertz CT molecular complexity index is 526. The van der Waals surface area contributed by atoms with Crippen LogP contribution in [-0.4, -0.2) is 15.8 Å². The highest BCUT2D eigenvalue weighted by atomic mass is 15.3. The van der Waals surface area contributed by atoms with Crippen molar-refractivity contribution < 1.29 is 0 Å². The average Bonchev–Trinajstić information content (AvgIpc) is 2.75. The molecular formula is C15H21N3. The van der Waals surface area contributed by atoms with Gasteiger partial charge in [0.05, 0.1) is 11.9 Å². The fourth-order valence-corrected chi connectivity index (χ4v) is 1.97. The van der Waals surface area contributed by atoms with Crippen molar-refractivity contribution in [2.75, 3.05) is 0 Å². The highest BCUT2D eigenvalue weighted by Crippen LogP contribution is 2.15. The smallest absolute Gasteiger partial charge is 0.0675 e.